The average Bonchev–Trinajstić information content (AvgIpc) is 2.65. The number of carbonyl (C=O) groups is 1. The number of aryl methyl sites for hydroxylation is 1. The molecule has 8 heteroatoms. The highest BCUT2D eigenvalue weighted by Crippen LogP contribution is 2.27. The number of carbonyl (C=O) groups excluding carboxylic acids is 1. The van der Waals surface area contributed by atoms with E-state index in [9.17, 15) is 13.2 Å². The smallest absolute Gasteiger partial charge is 0.262 e. The van der Waals surface area contributed by atoms with Gasteiger partial charge in [-0.1, -0.05) is 29.8 Å². The molecule has 0 radical (unpaired) electrons. The number of halogens is 1. The van der Waals surface area contributed by atoms with Crippen molar-refractivity contribution in [1.29, 1.82) is 0 Å². The highest BCUT2D eigenvalue weighted by Gasteiger charge is 2.23. The number of para-hydroxylation sites is 1. The lowest BCUT2D eigenvalue weighted by atomic mass is 9.99. The van der Waals surface area contributed by atoms with E-state index >= 15 is 0 Å². The second-order valence-electron chi connectivity index (χ2n) is 6.44. The molecule has 1 aliphatic rings. The minimum atomic E-state index is -3.86. The van der Waals surface area contributed by atoms with Crippen LogP contribution in [0.3, 0.4) is 0 Å². The molecule has 1 heterocycles. The van der Waals surface area contributed by atoms with Gasteiger partial charge in [0, 0.05) is 24.8 Å². The molecular weight excluding hydrogens is 388 g/mol. The van der Waals surface area contributed by atoms with E-state index in [1.165, 1.54) is 6.07 Å². The van der Waals surface area contributed by atoms with Crippen LogP contribution in [0.2, 0.25) is 5.02 Å². The standard InChI is InChI=1S/C19H21ClN2O4S/c1-13-6-7-15(21-19(23)14-8-10-26-11-9-14)12-18(13)27(24,25)22-17-5-3-2-4-16(17)20/h2-7,12,14,22H,8-11H2,1H3,(H,21,23). The van der Waals surface area contributed by atoms with Crippen LogP contribution < -0.4 is 10.0 Å². The molecule has 0 atom stereocenters. The van der Waals surface area contributed by atoms with Crippen molar-refractivity contribution >= 4 is 38.9 Å². The maximum Gasteiger partial charge on any atom is 0.262 e. The number of rotatable bonds is 5. The van der Waals surface area contributed by atoms with E-state index in [2.05, 4.69) is 10.0 Å². The Labute approximate surface area is 163 Å². The minimum Gasteiger partial charge on any atom is -0.381 e. The maximum atomic E-state index is 12.8. The van der Waals surface area contributed by atoms with Crippen molar-refractivity contribution in [3.63, 3.8) is 0 Å². The van der Waals surface area contributed by atoms with Crippen LogP contribution in [0.15, 0.2) is 47.4 Å². The molecule has 0 aliphatic carbocycles. The summed E-state index contributed by atoms with van der Waals surface area (Å²) in [6.07, 6.45) is 1.33. The molecular formula is C19H21ClN2O4S. The fourth-order valence-corrected chi connectivity index (χ4v) is 4.51. The molecule has 6 nitrogen and oxygen atoms in total. The first kappa shape index (κ1) is 19.7. The van der Waals surface area contributed by atoms with Gasteiger partial charge in [0.15, 0.2) is 0 Å². The van der Waals surface area contributed by atoms with Crippen molar-refractivity contribution < 1.29 is 17.9 Å². The highest BCUT2D eigenvalue weighted by molar-refractivity contribution is 7.92. The Morgan fingerprint density at radius 1 is 1.15 bits per heavy atom. The summed E-state index contributed by atoms with van der Waals surface area (Å²) in [7, 11) is -3.86. The summed E-state index contributed by atoms with van der Waals surface area (Å²) in [4.78, 5) is 12.5. The number of amides is 1. The SMILES string of the molecule is Cc1ccc(NC(=O)C2CCOCC2)cc1S(=O)(=O)Nc1ccccc1Cl. The van der Waals surface area contributed by atoms with Gasteiger partial charge in [0.1, 0.15) is 0 Å². The quantitative estimate of drug-likeness (QED) is 0.787. The molecule has 1 aliphatic heterocycles. The van der Waals surface area contributed by atoms with E-state index in [1.54, 1.807) is 43.3 Å². The third kappa shape index (κ3) is 4.80. The Morgan fingerprint density at radius 2 is 1.85 bits per heavy atom. The molecule has 1 fully saturated rings. The molecule has 0 unspecified atom stereocenters. The lowest BCUT2D eigenvalue weighted by Gasteiger charge is -2.21. The van der Waals surface area contributed by atoms with Crippen LogP contribution in [-0.4, -0.2) is 27.5 Å². The fourth-order valence-electron chi connectivity index (χ4n) is 2.92. The molecule has 27 heavy (non-hydrogen) atoms. The third-order valence-electron chi connectivity index (χ3n) is 4.46. The Morgan fingerprint density at radius 3 is 2.56 bits per heavy atom. The summed E-state index contributed by atoms with van der Waals surface area (Å²) in [5.74, 6) is -0.245. The summed E-state index contributed by atoms with van der Waals surface area (Å²) in [5.41, 5.74) is 1.31. The molecule has 144 valence electrons. The maximum absolute atomic E-state index is 12.8. The Hall–Kier alpha value is -2.09. The second kappa shape index (κ2) is 8.29. The Kier molecular flexibility index (Phi) is 6.04. The number of benzene rings is 2. The van der Waals surface area contributed by atoms with E-state index in [0.29, 0.717) is 48.0 Å². The van der Waals surface area contributed by atoms with Crippen LogP contribution in [0.25, 0.3) is 0 Å². The molecule has 0 spiro atoms. The number of hydrogen-bond donors (Lipinski definition) is 2. The van der Waals surface area contributed by atoms with E-state index in [4.69, 9.17) is 16.3 Å². The van der Waals surface area contributed by atoms with E-state index in [-0.39, 0.29) is 16.7 Å². The molecule has 1 saturated heterocycles. The lowest BCUT2D eigenvalue weighted by molar-refractivity contribution is -0.122. The van der Waals surface area contributed by atoms with Gasteiger partial charge in [0.25, 0.3) is 10.0 Å². The third-order valence-corrected chi connectivity index (χ3v) is 6.29. The van der Waals surface area contributed by atoms with Crippen LogP contribution in [0.5, 0.6) is 0 Å². The summed E-state index contributed by atoms with van der Waals surface area (Å²) < 4.78 is 33.4. The number of sulfonamides is 1. The Bertz CT molecular complexity index is 940. The zero-order chi connectivity index (χ0) is 19.4. The molecule has 0 bridgehead atoms. The molecule has 2 aromatic rings. The zero-order valence-corrected chi connectivity index (χ0v) is 16.4. The van der Waals surface area contributed by atoms with Gasteiger partial charge in [-0.15, -0.1) is 0 Å². The minimum absolute atomic E-state index is 0.0900. The number of nitrogens with one attached hydrogen (secondary N) is 2. The van der Waals surface area contributed by atoms with Crippen molar-refractivity contribution in [2.24, 2.45) is 5.92 Å². The monoisotopic (exact) mass is 408 g/mol. The predicted molar refractivity (Wildman–Crippen MR) is 106 cm³/mol. The first-order valence-electron chi connectivity index (χ1n) is 8.63. The van der Waals surface area contributed by atoms with Crippen LogP contribution in [-0.2, 0) is 19.6 Å². The van der Waals surface area contributed by atoms with Crippen LogP contribution in [0.1, 0.15) is 18.4 Å². The highest BCUT2D eigenvalue weighted by atomic mass is 35.5. The van der Waals surface area contributed by atoms with Crippen LogP contribution in [0.4, 0.5) is 11.4 Å². The number of ether oxygens (including phenoxy) is 1. The van der Waals surface area contributed by atoms with Crippen LogP contribution in [0, 0.1) is 12.8 Å². The van der Waals surface area contributed by atoms with Crippen molar-refractivity contribution in [2.75, 3.05) is 23.3 Å². The molecule has 0 saturated carbocycles. The second-order valence-corrected chi connectivity index (χ2v) is 8.50. The zero-order valence-electron chi connectivity index (χ0n) is 14.9. The largest absolute Gasteiger partial charge is 0.381 e. The number of hydrogen-bond acceptors (Lipinski definition) is 4. The Balaban J connectivity index is 1.82. The van der Waals surface area contributed by atoms with E-state index < -0.39 is 10.0 Å². The molecule has 2 N–H and O–H groups in total. The first-order chi connectivity index (χ1) is 12.9. The van der Waals surface area contributed by atoms with Crippen molar-refractivity contribution in [3.8, 4) is 0 Å². The van der Waals surface area contributed by atoms with Gasteiger partial charge in [-0.3, -0.25) is 9.52 Å². The van der Waals surface area contributed by atoms with Gasteiger partial charge in [-0.25, -0.2) is 8.42 Å². The topological polar surface area (TPSA) is 84.5 Å². The predicted octanol–water partition coefficient (Wildman–Crippen LogP) is 3.81. The lowest BCUT2D eigenvalue weighted by Crippen LogP contribution is -2.28. The molecule has 0 aromatic heterocycles. The van der Waals surface area contributed by atoms with Gasteiger partial charge in [0.05, 0.1) is 15.6 Å². The van der Waals surface area contributed by atoms with Gasteiger partial charge in [-0.05, 0) is 49.6 Å². The molecule has 3 rings (SSSR count). The van der Waals surface area contributed by atoms with Crippen molar-refractivity contribution in [3.05, 3.63) is 53.1 Å². The average molecular weight is 409 g/mol. The summed E-state index contributed by atoms with van der Waals surface area (Å²) in [5, 5.41) is 3.12. The number of anilines is 2. The summed E-state index contributed by atoms with van der Waals surface area (Å²) in [6, 6.07) is 11.4. The van der Waals surface area contributed by atoms with Crippen molar-refractivity contribution in [2.45, 2.75) is 24.7 Å². The molecule has 2 aromatic carbocycles. The fraction of sp³-hybridized carbons (Fsp3) is 0.316. The van der Waals surface area contributed by atoms with E-state index in [0.717, 1.165) is 0 Å². The van der Waals surface area contributed by atoms with Gasteiger partial charge in [0.2, 0.25) is 5.91 Å². The van der Waals surface area contributed by atoms with Gasteiger partial charge in [-0.2, -0.15) is 0 Å². The van der Waals surface area contributed by atoms with Gasteiger partial charge < -0.3 is 10.1 Å². The van der Waals surface area contributed by atoms with Crippen LogP contribution >= 0.6 is 11.6 Å². The molecule has 1 amide bonds. The summed E-state index contributed by atoms with van der Waals surface area (Å²) >= 11 is 6.05. The van der Waals surface area contributed by atoms with Crippen molar-refractivity contribution in [1.82, 2.24) is 0 Å². The van der Waals surface area contributed by atoms with E-state index in [1.807, 2.05) is 0 Å². The van der Waals surface area contributed by atoms with Gasteiger partial charge >= 0.3 is 0 Å². The first-order valence-corrected chi connectivity index (χ1v) is 10.5. The summed E-state index contributed by atoms with van der Waals surface area (Å²) in [6.45, 7) is 2.83. The normalized spacial score (nSPS) is 15.3.